The zero-order valence-corrected chi connectivity index (χ0v) is 17.9. The van der Waals surface area contributed by atoms with Crippen molar-refractivity contribution in [2.24, 2.45) is 4.99 Å². The fraction of sp³-hybridized carbons (Fsp3) is 0.579. The molecule has 1 aliphatic rings. The number of piperidine rings is 1. The molecule has 0 radical (unpaired) electrons. The third-order valence-electron chi connectivity index (χ3n) is 4.33. The van der Waals surface area contributed by atoms with Crippen molar-refractivity contribution < 1.29 is 9.47 Å². The predicted molar refractivity (Wildman–Crippen MR) is 114 cm³/mol. The molecule has 0 aromatic heterocycles. The summed E-state index contributed by atoms with van der Waals surface area (Å²) < 4.78 is 10.9. The molecule has 0 bridgehead atoms. The number of nitriles is 1. The normalized spacial score (nSPS) is 15.3. The van der Waals surface area contributed by atoms with Crippen LogP contribution in [-0.2, 0) is 16.0 Å². The molecule has 2 rings (SSSR count). The van der Waals surface area contributed by atoms with Crippen molar-refractivity contribution >= 4 is 29.9 Å². The average molecular weight is 472 g/mol. The van der Waals surface area contributed by atoms with Crippen LogP contribution in [0.2, 0.25) is 0 Å². The first kappa shape index (κ1) is 22.7. The summed E-state index contributed by atoms with van der Waals surface area (Å²) in [4.78, 5) is 6.67. The SMILES string of the molecule is CN=C(NCc1ccc(C#N)cc1)N1CCC(OCCCOC)CC1.I. The second kappa shape index (κ2) is 12.9. The van der Waals surface area contributed by atoms with Gasteiger partial charge in [0.05, 0.1) is 17.7 Å². The lowest BCUT2D eigenvalue weighted by molar-refractivity contribution is 0.00989. The first-order valence-electron chi connectivity index (χ1n) is 8.82. The van der Waals surface area contributed by atoms with Gasteiger partial charge in [0.15, 0.2) is 5.96 Å². The summed E-state index contributed by atoms with van der Waals surface area (Å²) in [6, 6.07) is 9.76. The maximum atomic E-state index is 8.85. The minimum atomic E-state index is 0. The highest BCUT2D eigenvalue weighted by Gasteiger charge is 2.21. The van der Waals surface area contributed by atoms with E-state index in [9.17, 15) is 0 Å². The monoisotopic (exact) mass is 472 g/mol. The minimum absolute atomic E-state index is 0. The van der Waals surface area contributed by atoms with E-state index in [1.165, 1.54) is 0 Å². The Hall–Kier alpha value is -1.37. The number of ether oxygens (including phenoxy) is 2. The van der Waals surface area contributed by atoms with Crippen molar-refractivity contribution in [3.05, 3.63) is 35.4 Å². The van der Waals surface area contributed by atoms with Crippen LogP contribution in [0.25, 0.3) is 0 Å². The zero-order valence-electron chi connectivity index (χ0n) is 15.6. The number of likely N-dealkylation sites (tertiary alicyclic amines) is 1. The summed E-state index contributed by atoms with van der Waals surface area (Å²) in [5.74, 6) is 0.919. The Bertz CT molecular complexity index is 578. The van der Waals surface area contributed by atoms with E-state index in [2.05, 4.69) is 21.3 Å². The van der Waals surface area contributed by atoms with Gasteiger partial charge in [0.2, 0.25) is 0 Å². The van der Waals surface area contributed by atoms with Crippen LogP contribution < -0.4 is 5.32 Å². The molecule has 144 valence electrons. The van der Waals surface area contributed by atoms with Crippen LogP contribution in [0.1, 0.15) is 30.4 Å². The number of rotatable bonds is 7. The molecule has 0 amide bonds. The molecule has 0 saturated carbocycles. The third kappa shape index (κ3) is 7.48. The lowest BCUT2D eigenvalue weighted by Gasteiger charge is -2.34. The highest BCUT2D eigenvalue weighted by molar-refractivity contribution is 14.0. The molecular formula is C19H29IN4O2. The molecule has 0 spiro atoms. The van der Waals surface area contributed by atoms with E-state index in [1.807, 2.05) is 31.3 Å². The molecule has 1 heterocycles. The fourth-order valence-corrected chi connectivity index (χ4v) is 2.90. The molecule has 26 heavy (non-hydrogen) atoms. The largest absolute Gasteiger partial charge is 0.385 e. The van der Waals surface area contributed by atoms with E-state index in [0.29, 0.717) is 18.2 Å². The molecule has 0 aliphatic carbocycles. The molecule has 7 heteroatoms. The summed E-state index contributed by atoms with van der Waals surface area (Å²) in [5, 5.41) is 12.3. The Morgan fingerprint density at radius 3 is 2.54 bits per heavy atom. The summed E-state index contributed by atoms with van der Waals surface area (Å²) in [5.41, 5.74) is 1.82. The van der Waals surface area contributed by atoms with Crippen molar-refractivity contribution in [3.8, 4) is 6.07 Å². The average Bonchev–Trinajstić information content (AvgIpc) is 2.67. The second-order valence-corrected chi connectivity index (χ2v) is 6.11. The topological polar surface area (TPSA) is 69.9 Å². The van der Waals surface area contributed by atoms with Crippen molar-refractivity contribution in [1.82, 2.24) is 10.2 Å². The highest BCUT2D eigenvalue weighted by atomic mass is 127. The van der Waals surface area contributed by atoms with Crippen molar-refractivity contribution in [2.75, 3.05) is 40.5 Å². The van der Waals surface area contributed by atoms with Gasteiger partial charge in [-0.25, -0.2) is 0 Å². The molecule has 1 aliphatic heterocycles. The quantitative estimate of drug-likeness (QED) is 0.286. The highest BCUT2D eigenvalue weighted by Crippen LogP contribution is 2.14. The lowest BCUT2D eigenvalue weighted by Crippen LogP contribution is -2.46. The van der Waals surface area contributed by atoms with Crippen molar-refractivity contribution in [3.63, 3.8) is 0 Å². The van der Waals surface area contributed by atoms with E-state index in [1.54, 1.807) is 7.11 Å². The molecule has 1 saturated heterocycles. The van der Waals surface area contributed by atoms with Crippen LogP contribution in [0.3, 0.4) is 0 Å². The predicted octanol–water partition coefficient (Wildman–Crippen LogP) is 2.77. The lowest BCUT2D eigenvalue weighted by atomic mass is 10.1. The number of halogens is 1. The Kier molecular flexibility index (Phi) is 11.2. The number of benzene rings is 1. The smallest absolute Gasteiger partial charge is 0.193 e. The molecular weight excluding hydrogens is 443 g/mol. The van der Waals surface area contributed by atoms with E-state index in [0.717, 1.165) is 57.1 Å². The number of nitrogens with zero attached hydrogens (tertiary/aromatic N) is 3. The van der Waals surface area contributed by atoms with Crippen LogP contribution in [0.5, 0.6) is 0 Å². The standard InChI is InChI=1S/C19H28N4O2.HI/c1-21-19(22-15-17-6-4-16(14-20)5-7-17)23-10-8-18(9-11-23)25-13-3-12-24-2;/h4-7,18H,3,8-13,15H2,1-2H3,(H,21,22);1H. The molecule has 1 fully saturated rings. The number of guanidine groups is 1. The van der Waals surface area contributed by atoms with E-state index in [-0.39, 0.29) is 24.0 Å². The Balaban J connectivity index is 0.00000338. The van der Waals surface area contributed by atoms with Crippen LogP contribution in [0.15, 0.2) is 29.3 Å². The van der Waals surface area contributed by atoms with Crippen molar-refractivity contribution in [1.29, 1.82) is 5.26 Å². The minimum Gasteiger partial charge on any atom is -0.385 e. The van der Waals surface area contributed by atoms with Crippen LogP contribution >= 0.6 is 24.0 Å². The number of hydrogen-bond acceptors (Lipinski definition) is 4. The van der Waals surface area contributed by atoms with E-state index in [4.69, 9.17) is 14.7 Å². The summed E-state index contributed by atoms with van der Waals surface area (Å²) in [7, 11) is 3.53. The molecule has 1 N–H and O–H groups in total. The summed E-state index contributed by atoms with van der Waals surface area (Å²) >= 11 is 0. The van der Waals surface area contributed by atoms with Gasteiger partial charge >= 0.3 is 0 Å². The van der Waals surface area contributed by atoms with Gasteiger partial charge in [0.1, 0.15) is 0 Å². The van der Waals surface area contributed by atoms with Crippen molar-refractivity contribution in [2.45, 2.75) is 31.9 Å². The van der Waals surface area contributed by atoms with Gasteiger partial charge in [-0.15, -0.1) is 24.0 Å². The first-order chi connectivity index (χ1) is 12.3. The Labute approximate surface area is 173 Å². The van der Waals surface area contributed by atoms with Gasteiger partial charge < -0.3 is 19.7 Å². The maximum Gasteiger partial charge on any atom is 0.193 e. The van der Waals surface area contributed by atoms with Gasteiger partial charge in [0, 0.05) is 47.0 Å². The summed E-state index contributed by atoms with van der Waals surface area (Å²) in [6.07, 6.45) is 3.32. The Morgan fingerprint density at radius 1 is 1.27 bits per heavy atom. The van der Waals surface area contributed by atoms with Crippen LogP contribution in [0, 0.1) is 11.3 Å². The van der Waals surface area contributed by atoms with Gasteiger partial charge in [-0.2, -0.15) is 5.26 Å². The van der Waals surface area contributed by atoms with Gasteiger partial charge in [-0.1, -0.05) is 12.1 Å². The summed E-state index contributed by atoms with van der Waals surface area (Å²) in [6.45, 7) is 4.12. The van der Waals surface area contributed by atoms with Crippen LogP contribution in [-0.4, -0.2) is 57.4 Å². The molecule has 0 atom stereocenters. The first-order valence-corrected chi connectivity index (χ1v) is 8.82. The Morgan fingerprint density at radius 2 is 1.96 bits per heavy atom. The van der Waals surface area contributed by atoms with Gasteiger partial charge in [-0.05, 0) is 37.0 Å². The number of nitrogens with one attached hydrogen (secondary N) is 1. The molecule has 6 nitrogen and oxygen atoms in total. The molecule has 1 aromatic carbocycles. The maximum absolute atomic E-state index is 8.85. The fourth-order valence-electron chi connectivity index (χ4n) is 2.90. The van der Waals surface area contributed by atoms with Crippen LogP contribution in [0.4, 0.5) is 0 Å². The number of aliphatic imine (C=N–C) groups is 1. The second-order valence-electron chi connectivity index (χ2n) is 6.11. The van der Waals surface area contributed by atoms with Gasteiger partial charge in [-0.3, -0.25) is 4.99 Å². The number of hydrogen-bond donors (Lipinski definition) is 1. The van der Waals surface area contributed by atoms with E-state index < -0.39 is 0 Å². The number of methoxy groups -OCH3 is 1. The zero-order chi connectivity index (χ0) is 17.9. The van der Waals surface area contributed by atoms with Gasteiger partial charge in [0.25, 0.3) is 0 Å². The molecule has 0 unspecified atom stereocenters. The van der Waals surface area contributed by atoms with E-state index >= 15 is 0 Å². The molecule has 1 aromatic rings. The third-order valence-corrected chi connectivity index (χ3v) is 4.33.